The van der Waals surface area contributed by atoms with Crippen LogP contribution in [0.3, 0.4) is 0 Å². The third-order valence-corrected chi connectivity index (χ3v) is 2.94. The molecule has 0 radical (unpaired) electrons. The fourth-order valence-electron chi connectivity index (χ4n) is 1.69. The van der Waals surface area contributed by atoms with Crippen LogP contribution in [0.1, 0.15) is 12.8 Å². The second-order valence-electron chi connectivity index (χ2n) is 3.50. The molecule has 3 heteroatoms. The van der Waals surface area contributed by atoms with Crippen molar-refractivity contribution >= 4 is 17.5 Å². The zero-order valence-corrected chi connectivity index (χ0v) is 8.69. The van der Waals surface area contributed by atoms with E-state index in [9.17, 15) is 4.79 Å². The predicted octanol–water partition coefficient (Wildman–Crippen LogP) is 1.26. The van der Waals surface area contributed by atoms with Crippen LogP contribution < -0.4 is 0 Å². The highest BCUT2D eigenvalue weighted by Crippen LogP contribution is 2.17. The van der Waals surface area contributed by atoms with Crippen molar-refractivity contribution in [2.45, 2.75) is 12.8 Å². The average Bonchev–Trinajstić information content (AvgIpc) is 2.05. The molecule has 1 saturated heterocycles. The van der Waals surface area contributed by atoms with E-state index in [1.54, 1.807) is 11.8 Å². The molecule has 70 valence electrons. The Morgan fingerprint density at radius 3 is 3.00 bits per heavy atom. The molecular formula is C9H17NOS. The molecule has 0 N–H and O–H groups in total. The summed E-state index contributed by atoms with van der Waals surface area (Å²) in [5, 5.41) is 0. The number of nitrogens with zero attached hydrogens (tertiary/aromatic N) is 1. The molecule has 1 rings (SSSR count). The number of ketones is 1. The molecule has 1 heterocycles. The zero-order valence-electron chi connectivity index (χ0n) is 7.88. The summed E-state index contributed by atoms with van der Waals surface area (Å²) >= 11 is 1.64. The molecule has 0 spiro atoms. The van der Waals surface area contributed by atoms with Crippen LogP contribution in [-0.4, -0.2) is 42.8 Å². The third-order valence-electron chi connectivity index (χ3n) is 2.37. The molecule has 1 unspecified atom stereocenters. The Morgan fingerprint density at radius 2 is 2.42 bits per heavy atom. The van der Waals surface area contributed by atoms with Gasteiger partial charge in [-0.2, -0.15) is 11.8 Å². The first kappa shape index (κ1) is 10.1. The lowest BCUT2D eigenvalue weighted by Gasteiger charge is -2.28. The highest BCUT2D eigenvalue weighted by Gasteiger charge is 2.22. The highest BCUT2D eigenvalue weighted by atomic mass is 32.2. The van der Waals surface area contributed by atoms with Crippen LogP contribution in [0.5, 0.6) is 0 Å². The molecule has 1 fully saturated rings. The smallest absolute Gasteiger partial charge is 0.147 e. The van der Waals surface area contributed by atoms with Crippen molar-refractivity contribution in [3.8, 4) is 0 Å². The normalized spacial score (nSPS) is 25.7. The van der Waals surface area contributed by atoms with Gasteiger partial charge in [0.25, 0.3) is 0 Å². The van der Waals surface area contributed by atoms with Crippen molar-refractivity contribution in [2.24, 2.45) is 5.92 Å². The van der Waals surface area contributed by atoms with Crippen molar-refractivity contribution < 1.29 is 4.79 Å². The average molecular weight is 187 g/mol. The molecule has 1 aliphatic rings. The van der Waals surface area contributed by atoms with Gasteiger partial charge in [0.2, 0.25) is 0 Å². The monoisotopic (exact) mass is 187 g/mol. The maximum absolute atomic E-state index is 11.5. The van der Waals surface area contributed by atoms with E-state index in [-0.39, 0.29) is 0 Å². The van der Waals surface area contributed by atoms with Crippen LogP contribution in [0.15, 0.2) is 0 Å². The molecule has 12 heavy (non-hydrogen) atoms. The number of rotatable bonds is 3. The van der Waals surface area contributed by atoms with Crippen LogP contribution in [0.2, 0.25) is 0 Å². The molecule has 2 nitrogen and oxygen atoms in total. The van der Waals surface area contributed by atoms with E-state index >= 15 is 0 Å². The number of hydrogen-bond donors (Lipinski definition) is 0. The third kappa shape index (κ3) is 2.79. The topological polar surface area (TPSA) is 20.3 Å². The largest absolute Gasteiger partial charge is 0.306 e. The van der Waals surface area contributed by atoms with Gasteiger partial charge < -0.3 is 4.90 Å². The van der Waals surface area contributed by atoms with E-state index in [2.05, 4.69) is 11.9 Å². The van der Waals surface area contributed by atoms with Gasteiger partial charge in [-0.3, -0.25) is 4.79 Å². The summed E-state index contributed by atoms with van der Waals surface area (Å²) in [6, 6.07) is 0. The Balaban J connectivity index is 2.35. The Hall–Kier alpha value is -0.0200. The molecular weight excluding hydrogens is 170 g/mol. The Morgan fingerprint density at radius 1 is 1.67 bits per heavy atom. The minimum absolute atomic E-state index is 0.316. The quantitative estimate of drug-likeness (QED) is 0.663. The van der Waals surface area contributed by atoms with E-state index < -0.39 is 0 Å². The second-order valence-corrected chi connectivity index (χ2v) is 4.37. The van der Waals surface area contributed by atoms with E-state index in [0.717, 1.165) is 19.5 Å². The maximum Gasteiger partial charge on any atom is 0.147 e. The molecule has 0 aromatic heterocycles. The number of hydrogen-bond acceptors (Lipinski definition) is 3. The molecule has 0 bridgehead atoms. The summed E-state index contributed by atoms with van der Waals surface area (Å²) < 4.78 is 0. The molecule has 1 aliphatic heterocycles. The first-order chi connectivity index (χ1) is 5.74. The van der Waals surface area contributed by atoms with Gasteiger partial charge in [0.1, 0.15) is 5.78 Å². The van der Waals surface area contributed by atoms with E-state index in [1.807, 2.05) is 6.26 Å². The van der Waals surface area contributed by atoms with Gasteiger partial charge >= 0.3 is 0 Å². The standard InChI is InChI=1S/C9H17NOS/c1-10-5-3-4-8(6-10)9(11)7-12-2/h8H,3-7H2,1-2H3. The van der Waals surface area contributed by atoms with Gasteiger partial charge in [-0.25, -0.2) is 0 Å². The first-order valence-corrected chi connectivity index (χ1v) is 5.83. The minimum Gasteiger partial charge on any atom is -0.306 e. The van der Waals surface area contributed by atoms with Crippen LogP contribution in [0, 0.1) is 5.92 Å². The minimum atomic E-state index is 0.316. The zero-order chi connectivity index (χ0) is 8.97. The van der Waals surface area contributed by atoms with Crippen molar-refractivity contribution in [2.75, 3.05) is 32.1 Å². The van der Waals surface area contributed by atoms with Gasteiger partial charge in [-0.05, 0) is 32.7 Å². The highest BCUT2D eigenvalue weighted by molar-refractivity contribution is 7.99. The summed E-state index contributed by atoms with van der Waals surface area (Å²) in [7, 11) is 2.10. The number of carbonyl (C=O) groups is 1. The lowest BCUT2D eigenvalue weighted by Crippen LogP contribution is -2.36. The Labute approximate surface area is 78.7 Å². The lowest BCUT2D eigenvalue weighted by atomic mass is 9.95. The van der Waals surface area contributed by atoms with Gasteiger partial charge in [-0.1, -0.05) is 0 Å². The maximum atomic E-state index is 11.5. The van der Waals surface area contributed by atoms with E-state index in [4.69, 9.17) is 0 Å². The van der Waals surface area contributed by atoms with Crippen LogP contribution >= 0.6 is 11.8 Å². The summed E-state index contributed by atoms with van der Waals surface area (Å²) in [5.41, 5.74) is 0. The van der Waals surface area contributed by atoms with E-state index in [0.29, 0.717) is 17.5 Å². The molecule has 0 saturated carbocycles. The van der Waals surface area contributed by atoms with Crippen molar-refractivity contribution in [3.05, 3.63) is 0 Å². The number of carbonyl (C=O) groups excluding carboxylic acids is 1. The number of Topliss-reactive ketones (excluding diaryl/α,β-unsaturated/α-hetero) is 1. The Kier molecular flexibility index (Phi) is 4.09. The van der Waals surface area contributed by atoms with Gasteiger partial charge in [0, 0.05) is 12.5 Å². The summed E-state index contributed by atoms with van der Waals surface area (Å²) in [6.07, 6.45) is 4.27. The summed E-state index contributed by atoms with van der Waals surface area (Å²) in [5.74, 6) is 1.45. The number of likely N-dealkylation sites (tertiary alicyclic amines) is 1. The van der Waals surface area contributed by atoms with Crippen molar-refractivity contribution in [1.82, 2.24) is 4.90 Å². The summed E-state index contributed by atoms with van der Waals surface area (Å²) in [6.45, 7) is 2.13. The van der Waals surface area contributed by atoms with Gasteiger partial charge in [0.05, 0.1) is 5.75 Å². The van der Waals surface area contributed by atoms with E-state index in [1.165, 1.54) is 6.42 Å². The molecule has 0 aromatic carbocycles. The first-order valence-electron chi connectivity index (χ1n) is 4.44. The van der Waals surface area contributed by atoms with Crippen molar-refractivity contribution in [3.63, 3.8) is 0 Å². The molecule has 1 atom stereocenters. The van der Waals surface area contributed by atoms with Crippen LogP contribution in [0.4, 0.5) is 0 Å². The van der Waals surface area contributed by atoms with Crippen LogP contribution in [-0.2, 0) is 4.79 Å². The van der Waals surface area contributed by atoms with Gasteiger partial charge in [0.15, 0.2) is 0 Å². The molecule has 0 aliphatic carbocycles. The fraction of sp³-hybridized carbons (Fsp3) is 0.889. The fourth-order valence-corrected chi connectivity index (χ4v) is 2.21. The summed E-state index contributed by atoms with van der Waals surface area (Å²) in [4.78, 5) is 13.8. The molecule has 0 amide bonds. The number of thioether (sulfide) groups is 1. The van der Waals surface area contributed by atoms with Crippen LogP contribution in [0.25, 0.3) is 0 Å². The van der Waals surface area contributed by atoms with Gasteiger partial charge in [-0.15, -0.1) is 0 Å². The second kappa shape index (κ2) is 4.87. The lowest BCUT2D eigenvalue weighted by molar-refractivity contribution is -0.121. The van der Waals surface area contributed by atoms with Crippen molar-refractivity contribution in [1.29, 1.82) is 0 Å². The SMILES string of the molecule is CSCC(=O)C1CCCN(C)C1. The Bertz CT molecular complexity index is 161. The molecule has 0 aromatic rings. The number of piperidine rings is 1. The predicted molar refractivity (Wildman–Crippen MR) is 53.6 cm³/mol.